The van der Waals surface area contributed by atoms with Gasteiger partial charge in [0.25, 0.3) is 0 Å². The molecule has 0 unspecified atom stereocenters. The van der Waals surface area contributed by atoms with Gasteiger partial charge >= 0.3 is 0 Å². The molecule has 0 amide bonds. The van der Waals surface area contributed by atoms with Crippen molar-refractivity contribution in [3.05, 3.63) is 102 Å². The predicted molar refractivity (Wildman–Crippen MR) is 108 cm³/mol. The summed E-state index contributed by atoms with van der Waals surface area (Å²) in [5.74, 6) is 0. The monoisotopic (exact) mass is 329 g/mol. The van der Waals surface area contributed by atoms with Gasteiger partial charge in [-0.2, -0.15) is 0 Å². The number of rotatable bonds is 6. The average Bonchev–Trinajstić information content (AvgIpc) is 2.63. The Balaban J connectivity index is 1.77. The summed E-state index contributed by atoms with van der Waals surface area (Å²) in [5.41, 5.74) is 6.03. The van der Waals surface area contributed by atoms with Crippen molar-refractivity contribution in [1.82, 2.24) is 0 Å². The SMILES string of the molecule is [CH2]c1ccc(N(C)Cc2ccccc2)cc1N(C)Cc1ccccc1. The van der Waals surface area contributed by atoms with Crippen molar-refractivity contribution in [1.29, 1.82) is 0 Å². The van der Waals surface area contributed by atoms with E-state index in [1.807, 2.05) is 0 Å². The zero-order valence-corrected chi connectivity index (χ0v) is 15.0. The number of hydrogen-bond donors (Lipinski definition) is 0. The first kappa shape index (κ1) is 17.1. The predicted octanol–water partition coefficient (Wildman–Crippen LogP) is 5.14. The molecule has 2 heteroatoms. The standard InChI is InChI=1S/C23H25N2/c1-19-14-15-22(24(2)17-20-10-6-4-7-11-20)16-23(19)25(3)18-21-12-8-5-9-13-21/h4-16H,1,17-18H2,2-3H3. The average molecular weight is 329 g/mol. The summed E-state index contributed by atoms with van der Waals surface area (Å²) in [6, 6.07) is 27.6. The largest absolute Gasteiger partial charge is 0.370 e. The third kappa shape index (κ3) is 4.42. The molecule has 25 heavy (non-hydrogen) atoms. The minimum Gasteiger partial charge on any atom is -0.370 e. The molecule has 2 nitrogen and oxygen atoms in total. The minimum atomic E-state index is 0.870. The van der Waals surface area contributed by atoms with Crippen molar-refractivity contribution in [3.8, 4) is 0 Å². The molecule has 0 aliphatic rings. The Kier molecular flexibility index (Phi) is 5.39. The second-order valence-corrected chi connectivity index (χ2v) is 6.50. The lowest BCUT2D eigenvalue weighted by atomic mass is 10.1. The lowest BCUT2D eigenvalue weighted by molar-refractivity contribution is 0.904. The van der Waals surface area contributed by atoms with E-state index in [4.69, 9.17) is 0 Å². The first-order valence-corrected chi connectivity index (χ1v) is 8.59. The van der Waals surface area contributed by atoms with Gasteiger partial charge in [-0.15, -0.1) is 0 Å². The molecule has 0 heterocycles. The van der Waals surface area contributed by atoms with E-state index < -0.39 is 0 Å². The van der Waals surface area contributed by atoms with Gasteiger partial charge in [0.1, 0.15) is 0 Å². The maximum absolute atomic E-state index is 4.21. The number of benzene rings is 3. The van der Waals surface area contributed by atoms with E-state index in [2.05, 4.69) is 110 Å². The third-order valence-corrected chi connectivity index (χ3v) is 4.45. The van der Waals surface area contributed by atoms with E-state index in [1.165, 1.54) is 22.5 Å². The zero-order chi connectivity index (χ0) is 17.6. The van der Waals surface area contributed by atoms with Gasteiger partial charge in [0, 0.05) is 38.6 Å². The van der Waals surface area contributed by atoms with Gasteiger partial charge in [0.2, 0.25) is 0 Å². The maximum atomic E-state index is 4.21. The number of nitrogens with zero attached hydrogens (tertiary/aromatic N) is 2. The highest BCUT2D eigenvalue weighted by Crippen LogP contribution is 2.27. The van der Waals surface area contributed by atoms with Gasteiger partial charge in [-0.25, -0.2) is 0 Å². The molecule has 0 N–H and O–H groups in total. The van der Waals surface area contributed by atoms with Crippen LogP contribution in [0.2, 0.25) is 0 Å². The van der Waals surface area contributed by atoms with E-state index in [0.29, 0.717) is 0 Å². The number of anilines is 2. The molecule has 3 rings (SSSR count). The van der Waals surface area contributed by atoms with E-state index in [1.54, 1.807) is 0 Å². The molecule has 0 saturated carbocycles. The highest BCUT2D eigenvalue weighted by atomic mass is 15.1. The normalized spacial score (nSPS) is 10.5. The van der Waals surface area contributed by atoms with Gasteiger partial charge in [-0.05, 0) is 35.7 Å². The molecule has 0 fully saturated rings. The summed E-state index contributed by atoms with van der Waals surface area (Å²) in [5, 5.41) is 0. The molecule has 127 valence electrons. The first-order valence-electron chi connectivity index (χ1n) is 8.59. The summed E-state index contributed by atoms with van der Waals surface area (Å²) in [6.45, 7) is 5.97. The molecule has 1 radical (unpaired) electrons. The fourth-order valence-corrected chi connectivity index (χ4v) is 3.04. The Morgan fingerprint density at radius 3 is 1.76 bits per heavy atom. The minimum absolute atomic E-state index is 0.870. The van der Waals surface area contributed by atoms with Crippen LogP contribution in [0.3, 0.4) is 0 Å². The van der Waals surface area contributed by atoms with Crippen LogP contribution in [0, 0.1) is 6.92 Å². The van der Waals surface area contributed by atoms with E-state index >= 15 is 0 Å². The van der Waals surface area contributed by atoms with Crippen LogP contribution in [-0.4, -0.2) is 14.1 Å². The molecule has 0 saturated heterocycles. The Hall–Kier alpha value is -2.74. The summed E-state index contributed by atoms with van der Waals surface area (Å²) in [6.07, 6.45) is 0. The van der Waals surface area contributed by atoms with Crippen molar-refractivity contribution in [2.45, 2.75) is 13.1 Å². The lowest BCUT2D eigenvalue weighted by Crippen LogP contribution is -2.20. The molecular formula is C23H25N2. The molecule has 0 atom stereocenters. The van der Waals surface area contributed by atoms with Crippen molar-refractivity contribution in [2.24, 2.45) is 0 Å². The Morgan fingerprint density at radius 2 is 1.20 bits per heavy atom. The molecule has 3 aromatic rings. The van der Waals surface area contributed by atoms with E-state index in [9.17, 15) is 0 Å². The lowest BCUT2D eigenvalue weighted by Gasteiger charge is -2.25. The Morgan fingerprint density at radius 1 is 0.680 bits per heavy atom. The molecule has 3 aromatic carbocycles. The van der Waals surface area contributed by atoms with Gasteiger partial charge in [-0.1, -0.05) is 66.7 Å². The number of hydrogen-bond acceptors (Lipinski definition) is 2. The highest BCUT2D eigenvalue weighted by Gasteiger charge is 2.09. The van der Waals surface area contributed by atoms with Gasteiger partial charge < -0.3 is 9.80 Å². The van der Waals surface area contributed by atoms with Crippen LogP contribution in [0.5, 0.6) is 0 Å². The molecular weight excluding hydrogens is 304 g/mol. The van der Waals surface area contributed by atoms with Gasteiger partial charge in [-0.3, -0.25) is 0 Å². The molecule has 0 spiro atoms. The summed E-state index contributed by atoms with van der Waals surface area (Å²) < 4.78 is 0. The molecule has 0 bridgehead atoms. The first-order chi connectivity index (χ1) is 12.1. The fraction of sp³-hybridized carbons (Fsp3) is 0.174. The second kappa shape index (κ2) is 7.89. The van der Waals surface area contributed by atoms with Crippen LogP contribution in [0.15, 0.2) is 78.9 Å². The fourth-order valence-electron chi connectivity index (χ4n) is 3.04. The van der Waals surface area contributed by atoms with Gasteiger partial charge in [0.15, 0.2) is 0 Å². The summed E-state index contributed by atoms with van der Waals surface area (Å²) in [4.78, 5) is 4.53. The Labute approximate surface area is 151 Å². The van der Waals surface area contributed by atoms with Crippen LogP contribution in [-0.2, 0) is 13.1 Å². The van der Waals surface area contributed by atoms with Crippen molar-refractivity contribution in [3.63, 3.8) is 0 Å². The maximum Gasteiger partial charge on any atom is 0.0426 e. The van der Waals surface area contributed by atoms with Crippen LogP contribution < -0.4 is 9.80 Å². The second-order valence-electron chi connectivity index (χ2n) is 6.50. The topological polar surface area (TPSA) is 6.48 Å². The summed E-state index contributed by atoms with van der Waals surface area (Å²) in [7, 11) is 4.25. The van der Waals surface area contributed by atoms with E-state index in [-0.39, 0.29) is 0 Å². The van der Waals surface area contributed by atoms with Crippen LogP contribution >= 0.6 is 0 Å². The van der Waals surface area contributed by atoms with Gasteiger partial charge in [0.05, 0.1) is 0 Å². The van der Waals surface area contributed by atoms with Crippen molar-refractivity contribution in [2.75, 3.05) is 23.9 Å². The molecule has 0 aliphatic carbocycles. The van der Waals surface area contributed by atoms with Crippen molar-refractivity contribution < 1.29 is 0 Å². The quantitative estimate of drug-likeness (QED) is 0.618. The van der Waals surface area contributed by atoms with E-state index in [0.717, 1.165) is 18.7 Å². The smallest absolute Gasteiger partial charge is 0.0426 e. The Bertz CT molecular complexity index is 797. The van der Waals surface area contributed by atoms with Crippen molar-refractivity contribution >= 4 is 11.4 Å². The summed E-state index contributed by atoms with van der Waals surface area (Å²) >= 11 is 0. The molecule has 0 aromatic heterocycles. The zero-order valence-electron chi connectivity index (χ0n) is 15.0. The molecule has 0 aliphatic heterocycles. The van der Waals surface area contributed by atoms with Crippen LogP contribution in [0.25, 0.3) is 0 Å². The third-order valence-electron chi connectivity index (χ3n) is 4.45. The highest BCUT2D eigenvalue weighted by molar-refractivity contribution is 5.64. The van der Waals surface area contributed by atoms with Crippen LogP contribution in [0.4, 0.5) is 11.4 Å². The van der Waals surface area contributed by atoms with Crippen LogP contribution in [0.1, 0.15) is 16.7 Å².